The van der Waals surface area contributed by atoms with E-state index in [9.17, 15) is 8.42 Å². The van der Waals surface area contributed by atoms with Crippen LogP contribution in [-0.2, 0) is 16.6 Å². The summed E-state index contributed by atoms with van der Waals surface area (Å²) in [6, 6.07) is 13.5. The van der Waals surface area contributed by atoms with Crippen molar-refractivity contribution in [2.75, 3.05) is 0 Å². The van der Waals surface area contributed by atoms with Gasteiger partial charge in [-0.2, -0.15) is 5.10 Å². The number of nitrogens with one attached hydrogen (secondary N) is 1. The van der Waals surface area contributed by atoms with Crippen molar-refractivity contribution in [1.82, 2.24) is 14.5 Å². The Morgan fingerprint density at radius 3 is 2.58 bits per heavy atom. The van der Waals surface area contributed by atoms with Crippen LogP contribution >= 0.6 is 23.2 Å². The van der Waals surface area contributed by atoms with Crippen molar-refractivity contribution in [3.05, 3.63) is 76.5 Å². The maximum Gasteiger partial charge on any atom is 0.240 e. The molecule has 1 heterocycles. The van der Waals surface area contributed by atoms with E-state index < -0.39 is 10.0 Å². The number of hydrogen-bond donors (Lipinski definition) is 1. The zero-order valence-corrected chi connectivity index (χ0v) is 14.7. The Morgan fingerprint density at radius 2 is 1.88 bits per heavy atom. The summed E-state index contributed by atoms with van der Waals surface area (Å²) in [6.07, 6.45) is 3.50. The average Bonchev–Trinajstić information content (AvgIpc) is 3.10. The molecule has 0 aliphatic heterocycles. The van der Waals surface area contributed by atoms with Crippen LogP contribution in [0, 0.1) is 0 Å². The van der Waals surface area contributed by atoms with Crippen LogP contribution in [0.25, 0.3) is 5.69 Å². The predicted octanol–water partition coefficient (Wildman–Crippen LogP) is 3.66. The second kappa shape index (κ2) is 6.94. The van der Waals surface area contributed by atoms with Gasteiger partial charge in [-0.15, -0.1) is 0 Å². The number of halogens is 2. The molecule has 0 aliphatic rings. The highest BCUT2D eigenvalue weighted by molar-refractivity contribution is 7.89. The summed E-state index contributed by atoms with van der Waals surface area (Å²) in [6.45, 7) is 0.150. The Labute approximate surface area is 149 Å². The molecule has 0 unspecified atom stereocenters. The second-order valence-electron chi connectivity index (χ2n) is 5.02. The summed E-state index contributed by atoms with van der Waals surface area (Å²) in [7, 11) is -3.68. The van der Waals surface area contributed by atoms with E-state index in [0.29, 0.717) is 5.02 Å². The van der Waals surface area contributed by atoms with Crippen molar-refractivity contribution in [2.45, 2.75) is 11.4 Å². The molecule has 0 saturated carbocycles. The zero-order valence-electron chi connectivity index (χ0n) is 12.4. The topological polar surface area (TPSA) is 64.0 Å². The molecule has 1 N–H and O–H groups in total. The van der Waals surface area contributed by atoms with Crippen LogP contribution in [0.5, 0.6) is 0 Å². The van der Waals surface area contributed by atoms with Crippen LogP contribution in [0.3, 0.4) is 0 Å². The van der Waals surface area contributed by atoms with Gasteiger partial charge in [-0.1, -0.05) is 35.3 Å². The first kappa shape index (κ1) is 17.0. The molecular formula is C16H13Cl2N3O2S. The molecule has 0 saturated heterocycles. The number of nitrogens with zero attached hydrogens (tertiary/aromatic N) is 2. The van der Waals surface area contributed by atoms with Crippen molar-refractivity contribution in [1.29, 1.82) is 0 Å². The third-order valence-corrected chi connectivity index (χ3v) is 5.49. The summed E-state index contributed by atoms with van der Waals surface area (Å²) in [5, 5.41) is 4.66. The van der Waals surface area contributed by atoms with E-state index in [1.165, 1.54) is 18.2 Å². The lowest BCUT2D eigenvalue weighted by Crippen LogP contribution is -2.23. The summed E-state index contributed by atoms with van der Waals surface area (Å²) in [5.74, 6) is 0. The smallest absolute Gasteiger partial charge is 0.240 e. The molecule has 0 amide bonds. The first-order valence-electron chi connectivity index (χ1n) is 6.99. The fraction of sp³-hybridized carbons (Fsp3) is 0.0625. The molecule has 0 bridgehead atoms. The fourth-order valence-electron chi connectivity index (χ4n) is 2.14. The highest BCUT2D eigenvalue weighted by Gasteiger charge is 2.15. The first-order valence-corrected chi connectivity index (χ1v) is 9.23. The van der Waals surface area contributed by atoms with Crippen LogP contribution < -0.4 is 4.72 Å². The Bertz CT molecular complexity index is 957. The van der Waals surface area contributed by atoms with Gasteiger partial charge in [0.1, 0.15) is 0 Å². The quantitative estimate of drug-likeness (QED) is 0.733. The summed E-state index contributed by atoms with van der Waals surface area (Å²) < 4.78 is 29.0. The molecule has 124 valence electrons. The Morgan fingerprint density at radius 1 is 1.04 bits per heavy atom. The van der Waals surface area contributed by atoms with Gasteiger partial charge in [0, 0.05) is 18.9 Å². The average molecular weight is 382 g/mol. The molecule has 1 aromatic heterocycles. The maximum atomic E-state index is 12.4. The minimum Gasteiger partial charge on any atom is -0.241 e. The van der Waals surface area contributed by atoms with E-state index in [-0.39, 0.29) is 16.5 Å². The van der Waals surface area contributed by atoms with E-state index in [1.807, 2.05) is 36.5 Å². The van der Waals surface area contributed by atoms with Gasteiger partial charge in [0.25, 0.3) is 0 Å². The molecule has 0 atom stereocenters. The standard InChI is InChI=1S/C16H13Cl2N3O2S/c17-15-6-5-14(10-16(15)18)24(22,23)20-11-12-3-1-4-13(9-12)21-8-2-7-19-21/h1-10,20H,11H2. The first-order chi connectivity index (χ1) is 11.5. The molecular weight excluding hydrogens is 369 g/mol. The lowest BCUT2D eigenvalue weighted by Gasteiger charge is -2.09. The molecule has 3 aromatic rings. The normalized spacial score (nSPS) is 11.6. The molecule has 24 heavy (non-hydrogen) atoms. The van der Waals surface area contributed by atoms with Gasteiger partial charge in [0.2, 0.25) is 10.0 Å². The van der Waals surface area contributed by atoms with E-state index >= 15 is 0 Å². The number of aromatic nitrogens is 2. The Balaban J connectivity index is 1.77. The lowest BCUT2D eigenvalue weighted by molar-refractivity contribution is 0.581. The Kier molecular flexibility index (Phi) is 4.91. The largest absolute Gasteiger partial charge is 0.241 e. The van der Waals surface area contributed by atoms with E-state index in [2.05, 4.69) is 9.82 Å². The molecule has 0 radical (unpaired) electrons. The number of benzene rings is 2. The van der Waals surface area contributed by atoms with Gasteiger partial charge in [-0.25, -0.2) is 17.8 Å². The maximum absolute atomic E-state index is 12.4. The van der Waals surface area contributed by atoms with Gasteiger partial charge in [0.05, 0.1) is 20.6 Å². The molecule has 0 spiro atoms. The van der Waals surface area contributed by atoms with Crippen molar-refractivity contribution in [2.24, 2.45) is 0 Å². The van der Waals surface area contributed by atoms with E-state index in [0.717, 1.165) is 11.3 Å². The minimum absolute atomic E-state index is 0.0696. The predicted molar refractivity (Wildman–Crippen MR) is 94.1 cm³/mol. The van der Waals surface area contributed by atoms with Crippen molar-refractivity contribution >= 4 is 33.2 Å². The summed E-state index contributed by atoms with van der Waals surface area (Å²) in [4.78, 5) is 0.0696. The molecule has 2 aromatic carbocycles. The zero-order chi connectivity index (χ0) is 17.2. The molecule has 0 fully saturated rings. The third-order valence-electron chi connectivity index (χ3n) is 3.35. The second-order valence-corrected chi connectivity index (χ2v) is 7.60. The summed E-state index contributed by atoms with van der Waals surface area (Å²) in [5.41, 5.74) is 1.66. The summed E-state index contributed by atoms with van der Waals surface area (Å²) >= 11 is 11.7. The van der Waals surface area contributed by atoms with Crippen molar-refractivity contribution in [3.8, 4) is 5.69 Å². The van der Waals surface area contributed by atoms with E-state index in [4.69, 9.17) is 23.2 Å². The van der Waals surface area contributed by atoms with Crippen LogP contribution in [0.2, 0.25) is 10.0 Å². The van der Waals surface area contributed by atoms with Gasteiger partial charge >= 0.3 is 0 Å². The van der Waals surface area contributed by atoms with Crippen LogP contribution in [0.1, 0.15) is 5.56 Å². The SMILES string of the molecule is O=S(=O)(NCc1cccc(-n2cccn2)c1)c1ccc(Cl)c(Cl)c1. The number of rotatable bonds is 5. The monoisotopic (exact) mass is 381 g/mol. The molecule has 5 nitrogen and oxygen atoms in total. The van der Waals surface area contributed by atoms with Crippen molar-refractivity contribution in [3.63, 3.8) is 0 Å². The molecule has 8 heteroatoms. The number of sulfonamides is 1. The van der Waals surface area contributed by atoms with Gasteiger partial charge in [0.15, 0.2) is 0 Å². The van der Waals surface area contributed by atoms with Crippen LogP contribution in [-0.4, -0.2) is 18.2 Å². The van der Waals surface area contributed by atoms with Crippen LogP contribution in [0.4, 0.5) is 0 Å². The van der Waals surface area contributed by atoms with Gasteiger partial charge < -0.3 is 0 Å². The highest BCUT2D eigenvalue weighted by Crippen LogP contribution is 2.24. The van der Waals surface area contributed by atoms with Crippen molar-refractivity contribution < 1.29 is 8.42 Å². The lowest BCUT2D eigenvalue weighted by atomic mass is 10.2. The highest BCUT2D eigenvalue weighted by atomic mass is 35.5. The Hall–Kier alpha value is -1.86. The third kappa shape index (κ3) is 3.79. The molecule has 3 rings (SSSR count). The van der Waals surface area contributed by atoms with Gasteiger partial charge in [-0.05, 0) is 42.0 Å². The van der Waals surface area contributed by atoms with E-state index in [1.54, 1.807) is 10.9 Å². The minimum atomic E-state index is -3.68. The van der Waals surface area contributed by atoms with Gasteiger partial charge in [-0.3, -0.25) is 0 Å². The fourth-order valence-corrected chi connectivity index (χ4v) is 3.54. The number of hydrogen-bond acceptors (Lipinski definition) is 3. The van der Waals surface area contributed by atoms with Crippen LogP contribution in [0.15, 0.2) is 65.8 Å². The molecule has 0 aliphatic carbocycles.